The van der Waals surface area contributed by atoms with Crippen LogP contribution in [-0.4, -0.2) is 38.4 Å². The number of hydrogen-bond donors (Lipinski definition) is 2. The fourth-order valence-corrected chi connectivity index (χ4v) is 1.66. The average Bonchev–Trinajstić information content (AvgIpc) is 2.45. The van der Waals surface area contributed by atoms with Crippen molar-refractivity contribution >= 4 is 11.6 Å². The van der Waals surface area contributed by atoms with Gasteiger partial charge in [-0.1, -0.05) is 12.1 Å². The lowest BCUT2D eigenvalue weighted by atomic mass is 10.1. The molecule has 1 aromatic carbocycles. The lowest BCUT2D eigenvalue weighted by Crippen LogP contribution is -2.36. The highest BCUT2D eigenvalue weighted by molar-refractivity contribution is 5.80. The second kappa shape index (κ2) is 9.34. The molecule has 0 saturated heterocycles. The van der Waals surface area contributed by atoms with Gasteiger partial charge < -0.3 is 20.5 Å². The number of nitrogens with two attached hydrogens (primary N) is 1. The second-order valence-corrected chi connectivity index (χ2v) is 4.49. The van der Waals surface area contributed by atoms with Gasteiger partial charge in [-0.2, -0.15) is 0 Å². The molecule has 1 aromatic rings. The molecule has 112 valence electrons. The fraction of sp³-hybridized carbons (Fsp3) is 0.533. The Morgan fingerprint density at radius 2 is 2.00 bits per heavy atom. The molecule has 5 heteroatoms. The van der Waals surface area contributed by atoms with Gasteiger partial charge in [0.2, 0.25) is 5.91 Å². The third kappa shape index (κ3) is 6.54. The molecule has 0 fully saturated rings. The summed E-state index contributed by atoms with van der Waals surface area (Å²) >= 11 is 0. The summed E-state index contributed by atoms with van der Waals surface area (Å²) in [6.45, 7) is 5.85. The van der Waals surface area contributed by atoms with E-state index >= 15 is 0 Å². The Kier molecular flexibility index (Phi) is 7.69. The number of carbonyl (C=O) groups is 1. The Labute approximate surface area is 120 Å². The maximum Gasteiger partial charge on any atom is 0.248 e. The largest absolute Gasteiger partial charge is 0.399 e. The highest BCUT2D eigenvalue weighted by Crippen LogP contribution is 2.05. The van der Waals surface area contributed by atoms with Crippen LogP contribution in [0.15, 0.2) is 24.3 Å². The van der Waals surface area contributed by atoms with Crippen molar-refractivity contribution in [2.45, 2.75) is 26.4 Å². The molecule has 0 aliphatic rings. The molecule has 5 nitrogen and oxygen atoms in total. The molecule has 1 unspecified atom stereocenters. The van der Waals surface area contributed by atoms with Crippen LogP contribution in [-0.2, 0) is 20.7 Å². The molecule has 0 aliphatic heterocycles. The molecule has 0 aliphatic carbocycles. The minimum Gasteiger partial charge on any atom is -0.399 e. The van der Waals surface area contributed by atoms with Crippen LogP contribution in [0, 0.1) is 0 Å². The number of ether oxygens (including phenoxy) is 2. The minimum absolute atomic E-state index is 0.100. The van der Waals surface area contributed by atoms with Gasteiger partial charge in [-0.15, -0.1) is 0 Å². The lowest BCUT2D eigenvalue weighted by molar-refractivity contribution is -0.132. The standard InChI is InChI=1S/C15H24N2O3/c1-3-19-10-11-20-12(2)15(18)17-9-8-13-4-6-14(16)7-5-13/h4-7,12H,3,8-11,16H2,1-2H3,(H,17,18). The van der Waals surface area contributed by atoms with Crippen molar-refractivity contribution in [2.75, 3.05) is 32.1 Å². The number of nitrogen functional groups attached to an aromatic ring is 1. The second-order valence-electron chi connectivity index (χ2n) is 4.49. The normalized spacial score (nSPS) is 12.1. The molecule has 1 atom stereocenters. The number of benzene rings is 1. The van der Waals surface area contributed by atoms with Gasteiger partial charge in [-0.25, -0.2) is 0 Å². The predicted molar refractivity (Wildman–Crippen MR) is 79.5 cm³/mol. The molecule has 1 amide bonds. The maximum atomic E-state index is 11.8. The Balaban J connectivity index is 2.17. The van der Waals surface area contributed by atoms with Crippen molar-refractivity contribution in [3.8, 4) is 0 Å². The first-order chi connectivity index (χ1) is 9.63. The summed E-state index contributed by atoms with van der Waals surface area (Å²) in [6.07, 6.45) is 0.319. The van der Waals surface area contributed by atoms with Gasteiger partial charge in [0.1, 0.15) is 6.10 Å². The topological polar surface area (TPSA) is 73.6 Å². The Hall–Kier alpha value is -1.59. The Bertz CT molecular complexity index is 393. The quantitative estimate of drug-likeness (QED) is 0.529. The molecule has 0 spiro atoms. The highest BCUT2D eigenvalue weighted by atomic mass is 16.5. The molecule has 20 heavy (non-hydrogen) atoms. The lowest BCUT2D eigenvalue weighted by Gasteiger charge is -2.13. The summed E-state index contributed by atoms with van der Waals surface area (Å²) < 4.78 is 10.5. The zero-order valence-corrected chi connectivity index (χ0v) is 12.2. The van der Waals surface area contributed by atoms with Crippen molar-refractivity contribution in [2.24, 2.45) is 0 Å². The van der Waals surface area contributed by atoms with Crippen LogP contribution < -0.4 is 11.1 Å². The molecular weight excluding hydrogens is 256 g/mol. The smallest absolute Gasteiger partial charge is 0.248 e. The Morgan fingerprint density at radius 1 is 1.30 bits per heavy atom. The molecule has 3 N–H and O–H groups in total. The number of amides is 1. The van der Waals surface area contributed by atoms with E-state index in [0.717, 1.165) is 17.7 Å². The van der Waals surface area contributed by atoms with Crippen LogP contribution >= 0.6 is 0 Å². The van der Waals surface area contributed by atoms with Gasteiger partial charge in [-0.05, 0) is 38.0 Å². The molecule has 0 aromatic heterocycles. The van der Waals surface area contributed by atoms with E-state index in [2.05, 4.69) is 5.32 Å². The van der Waals surface area contributed by atoms with Crippen molar-refractivity contribution in [1.82, 2.24) is 5.32 Å². The van der Waals surface area contributed by atoms with E-state index in [0.29, 0.717) is 26.4 Å². The molecule has 0 heterocycles. The van der Waals surface area contributed by atoms with Crippen LogP contribution in [0.4, 0.5) is 5.69 Å². The third-order valence-electron chi connectivity index (χ3n) is 2.86. The SMILES string of the molecule is CCOCCOC(C)C(=O)NCCc1ccc(N)cc1. The van der Waals surface area contributed by atoms with Crippen LogP contribution in [0.3, 0.4) is 0 Å². The number of carbonyl (C=O) groups excluding carboxylic acids is 1. The molecule has 0 radical (unpaired) electrons. The van der Waals surface area contributed by atoms with Gasteiger partial charge in [0.15, 0.2) is 0 Å². The summed E-state index contributed by atoms with van der Waals surface area (Å²) in [5.41, 5.74) is 7.50. The molecule has 0 saturated carbocycles. The number of anilines is 1. The van der Waals surface area contributed by atoms with Crippen molar-refractivity contribution < 1.29 is 14.3 Å². The monoisotopic (exact) mass is 280 g/mol. The summed E-state index contributed by atoms with van der Waals surface area (Å²) in [6, 6.07) is 7.64. The third-order valence-corrected chi connectivity index (χ3v) is 2.86. The van der Waals surface area contributed by atoms with E-state index in [-0.39, 0.29) is 5.91 Å². The van der Waals surface area contributed by atoms with E-state index in [4.69, 9.17) is 15.2 Å². The summed E-state index contributed by atoms with van der Waals surface area (Å²) in [7, 11) is 0. The van der Waals surface area contributed by atoms with Crippen molar-refractivity contribution in [3.63, 3.8) is 0 Å². The summed E-state index contributed by atoms with van der Waals surface area (Å²) in [5, 5.41) is 2.85. The zero-order chi connectivity index (χ0) is 14.8. The number of nitrogens with one attached hydrogen (secondary N) is 1. The molecule has 0 bridgehead atoms. The van der Waals surface area contributed by atoms with Crippen LogP contribution in [0.5, 0.6) is 0 Å². The van der Waals surface area contributed by atoms with E-state index < -0.39 is 6.10 Å². The van der Waals surface area contributed by atoms with Crippen LogP contribution in [0.2, 0.25) is 0 Å². The minimum atomic E-state index is -0.457. The first kappa shape index (κ1) is 16.5. The summed E-state index contributed by atoms with van der Waals surface area (Å²) in [4.78, 5) is 11.8. The van der Waals surface area contributed by atoms with E-state index in [1.807, 2.05) is 31.2 Å². The number of rotatable bonds is 9. The summed E-state index contributed by atoms with van der Waals surface area (Å²) in [5.74, 6) is -0.100. The number of hydrogen-bond acceptors (Lipinski definition) is 4. The first-order valence-corrected chi connectivity index (χ1v) is 6.95. The zero-order valence-electron chi connectivity index (χ0n) is 12.2. The van der Waals surface area contributed by atoms with Crippen molar-refractivity contribution in [3.05, 3.63) is 29.8 Å². The molecule has 1 rings (SSSR count). The van der Waals surface area contributed by atoms with Crippen LogP contribution in [0.1, 0.15) is 19.4 Å². The van der Waals surface area contributed by atoms with Gasteiger partial charge in [0.25, 0.3) is 0 Å². The maximum absolute atomic E-state index is 11.8. The predicted octanol–water partition coefficient (Wildman–Crippen LogP) is 1.37. The van der Waals surface area contributed by atoms with Gasteiger partial charge in [-0.3, -0.25) is 4.79 Å². The van der Waals surface area contributed by atoms with Crippen LogP contribution in [0.25, 0.3) is 0 Å². The molecular formula is C15H24N2O3. The van der Waals surface area contributed by atoms with E-state index in [1.165, 1.54) is 0 Å². The fourth-order valence-electron chi connectivity index (χ4n) is 1.66. The average molecular weight is 280 g/mol. The first-order valence-electron chi connectivity index (χ1n) is 6.95. The van der Waals surface area contributed by atoms with Gasteiger partial charge in [0, 0.05) is 18.8 Å². The van der Waals surface area contributed by atoms with Gasteiger partial charge >= 0.3 is 0 Å². The van der Waals surface area contributed by atoms with E-state index in [1.54, 1.807) is 6.92 Å². The Morgan fingerprint density at radius 3 is 2.65 bits per heavy atom. The van der Waals surface area contributed by atoms with E-state index in [9.17, 15) is 4.79 Å². The van der Waals surface area contributed by atoms with Gasteiger partial charge in [0.05, 0.1) is 13.2 Å². The van der Waals surface area contributed by atoms with Crippen molar-refractivity contribution in [1.29, 1.82) is 0 Å². The highest BCUT2D eigenvalue weighted by Gasteiger charge is 2.12.